The van der Waals surface area contributed by atoms with Crippen LogP contribution in [-0.2, 0) is 9.53 Å². The Bertz CT molecular complexity index is 765. The molecule has 6 nitrogen and oxygen atoms in total. The molecule has 28 heavy (non-hydrogen) atoms. The molecule has 1 saturated heterocycles. The largest absolute Gasteiger partial charge is 0.496 e. The molecule has 6 heteroatoms. The van der Waals surface area contributed by atoms with Crippen LogP contribution in [0, 0.1) is 6.92 Å². The van der Waals surface area contributed by atoms with Crippen molar-refractivity contribution in [3.05, 3.63) is 35.0 Å². The van der Waals surface area contributed by atoms with Gasteiger partial charge in [0.05, 0.1) is 7.11 Å². The van der Waals surface area contributed by atoms with Gasteiger partial charge in [-0.05, 0) is 61.3 Å². The monoisotopic (exact) mass is 385 g/mol. The fourth-order valence-electron chi connectivity index (χ4n) is 4.47. The molecule has 2 fully saturated rings. The Morgan fingerprint density at radius 1 is 1.18 bits per heavy atom. The van der Waals surface area contributed by atoms with E-state index >= 15 is 0 Å². The third-order valence-electron chi connectivity index (χ3n) is 6.11. The molecule has 2 heterocycles. The van der Waals surface area contributed by atoms with Crippen LogP contribution in [-0.4, -0.2) is 62.3 Å². The third kappa shape index (κ3) is 3.89. The smallest absolute Gasteiger partial charge is 0.248 e. The first-order valence-corrected chi connectivity index (χ1v) is 10.3. The molecule has 1 aromatic rings. The summed E-state index contributed by atoms with van der Waals surface area (Å²) in [5.41, 5.74) is 8.77. The maximum atomic E-state index is 12.0. The van der Waals surface area contributed by atoms with Gasteiger partial charge in [-0.1, -0.05) is 6.07 Å². The summed E-state index contributed by atoms with van der Waals surface area (Å²) in [6, 6.07) is 4.90. The van der Waals surface area contributed by atoms with Crippen molar-refractivity contribution < 1.29 is 14.3 Å². The summed E-state index contributed by atoms with van der Waals surface area (Å²) in [4.78, 5) is 13.9. The molecular formula is C22H31N3O3. The van der Waals surface area contributed by atoms with Crippen molar-refractivity contribution in [1.82, 2.24) is 15.3 Å². The highest BCUT2D eigenvalue weighted by Crippen LogP contribution is 2.48. The molecule has 0 radical (unpaired) electrons. The molecule has 3 aliphatic rings. The SMILES string of the molecule is COCC(=O)N1CCC(N2CC(c3cc(C)cc(OC)c3C3CC3)=CN2)CC1. The van der Waals surface area contributed by atoms with Gasteiger partial charge in [-0.25, -0.2) is 5.01 Å². The molecular weight excluding hydrogens is 354 g/mol. The minimum atomic E-state index is 0.0927. The number of ether oxygens (including phenoxy) is 2. The summed E-state index contributed by atoms with van der Waals surface area (Å²) < 4.78 is 10.7. The summed E-state index contributed by atoms with van der Waals surface area (Å²) in [6.07, 6.45) is 6.63. The average molecular weight is 386 g/mol. The number of hydrogen-bond donors (Lipinski definition) is 1. The van der Waals surface area contributed by atoms with Gasteiger partial charge in [0.2, 0.25) is 5.91 Å². The Balaban J connectivity index is 1.43. The quantitative estimate of drug-likeness (QED) is 0.816. The Morgan fingerprint density at radius 2 is 1.93 bits per heavy atom. The predicted octanol–water partition coefficient (Wildman–Crippen LogP) is 2.68. The van der Waals surface area contributed by atoms with Crippen molar-refractivity contribution in [2.45, 2.75) is 44.6 Å². The maximum Gasteiger partial charge on any atom is 0.248 e. The molecule has 2 aliphatic heterocycles. The second kappa shape index (κ2) is 8.13. The van der Waals surface area contributed by atoms with E-state index in [1.165, 1.54) is 35.1 Å². The Morgan fingerprint density at radius 3 is 2.57 bits per heavy atom. The fraction of sp³-hybridized carbons (Fsp3) is 0.591. The minimum Gasteiger partial charge on any atom is -0.496 e. The van der Waals surface area contributed by atoms with Crippen LogP contribution in [0.25, 0.3) is 5.57 Å². The second-order valence-corrected chi connectivity index (χ2v) is 8.17. The number of amides is 1. The van der Waals surface area contributed by atoms with E-state index in [0.717, 1.165) is 38.2 Å². The number of nitrogens with one attached hydrogen (secondary N) is 1. The van der Waals surface area contributed by atoms with Crippen molar-refractivity contribution in [3.8, 4) is 5.75 Å². The first-order chi connectivity index (χ1) is 13.6. The molecule has 152 valence electrons. The number of likely N-dealkylation sites (tertiary alicyclic amines) is 1. The van der Waals surface area contributed by atoms with E-state index in [0.29, 0.717) is 12.0 Å². The lowest BCUT2D eigenvalue weighted by molar-refractivity contribution is -0.136. The molecule has 4 rings (SSSR count). The summed E-state index contributed by atoms with van der Waals surface area (Å²) >= 11 is 0. The second-order valence-electron chi connectivity index (χ2n) is 8.17. The van der Waals surface area contributed by atoms with Crippen LogP contribution in [0.3, 0.4) is 0 Å². The maximum absolute atomic E-state index is 12.0. The Labute approximate surface area is 167 Å². The highest BCUT2D eigenvalue weighted by Gasteiger charge is 2.33. The third-order valence-corrected chi connectivity index (χ3v) is 6.11. The summed E-state index contributed by atoms with van der Waals surface area (Å²) in [6.45, 7) is 4.80. The standard InChI is InChI=1S/C22H31N3O3/c1-15-10-19(22(16-4-5-16)20(11-15)28-3)17-12-23-25(13-17)18-6-8-24(9-7-18)21(26)14-27-2/h10-12,16,18,23H,4-9,13-14H2,1-3H3. The van der Waals surface area contributed by atoms with Gasteiger partial charge in [0.25, 0.3) is 0 Å². The molecule has 1 saturated carbocycles. The van der Waals surface area contributed by atoms with E-state index < -0.39 is 0 Å². The zero-order valence-electron chi connectivity index (χ0n) is 17.2. The van der Waals surface area contributed by atoms with Gasteiger partial charge in [-0.3, -0.25) is 4.79 Å². The number of hydrazine groups is 1. The van der Waals surface area contributed by atoms with Crippen LogP contribution < -0.4 is 10.2 Å². The van der Waals surface area contributed by atoms with E-state index in [1.54, 1.807) is 14.2 Å². The van der Waals surface area contributed by atoms with Gasteiger partial charge in [-0.15, -0.1) is 0 Å². The molecule has 1 aliphatic carbocycles. The number of hydrogen-bond acceptors (Lipinski definition) is 5. The van der Waals surface area contributed by atoms with Crippen LogP contribution >= 0.6 is 0 Å². The van der Waals surface area contributed by atoms with E-state index in [2.05, 4.69) is 35.7 Å². The first kappa shape index (κ1) is 19.3. The van der Waals surface area contributed by atoms with Gasteiger partial charge in [0.15, 0.2) is 0 Å². The highest BCUT2D eigenvalue weighted by molar-refractivity contribution is 5.77. The molecule has 0 unspecified atom stereocenters. The zero-order valence-corrected chi connectivity index (χ0v) is 17.2. The van der Waals surface area contributed by atoms with Crippen LogP contribution in [0.1, 0.15) is 48.3 Å². The molecule has 1 aromatic carbocycles. The van der Waals surface area contributed by atoms with Gasteiger partial charge in [0, 0.05) is 44.5 Å². The lowest BCUT2D eigenvalue weighted by atomic mass is 9.94. The number of aryl methyl sites for hydroxylation is 1. The van der Waals surface area contributed by atoms with Crippen LogP contribution in [0.4, 0.5) is 0 Å². The van der Waals surface area contributed by atoms with Crippen molar-refractivity contribution in [3.63, 3.8) is 0 Å². The highest BCUT2D eigenvalue weighted by atomic mass is 16.5. The Hall–Kier alpha value is -2.05. The van der Waals surface area contributed by atoms with Crippen molar-refractivity contribution in [1.29, 1.82) is 0 Å². The molecule has 0 spiro atoms. The number of piperidine rings is 1. The van der Waals surface area contributed by atoms with E-state index in [1.807, 2.05) is 4.90 Å². The topological polar surface area (TPSA) is 54.0 Å². The summed E-state index contributed by atoms with van der Waals surface area (Å²) in [5.74, 6) is 1.76. The lowest BCUT2D eigenvalue weighted by Crippen LogP contribution is -2.49. The van der Waals surface area contributed by atoms with Gasteiger partial charge >= 0.3 is 0 Å². The van der Waals surface area contributed by atoms with E-state index in [4.69, 9.17) is 9.47 Å². The molecule has 0 atom stereocenters. The van der Waals surface area contributed by atoms with Crippen molar-refractivity contribution in [2.75, 3.05) is 40.5 Å². The number of carbonyl (C=O) groups is 1. The molecule has 0 aromatic heterocycles. The van der Waals surface area contributed by atoms with E-state index in [9.17, 15) is 4.79 Å². The van der Waals surface area contributed by atoms with E-state index in [-0.39, 0.29) is 12.5 Å². The predicted molar refractivity (Wildman–Crippen MR) is 109 cm³/mol. The first-order valence-electron chi connectivity index (χ1n) is 10.3. The van der Waals surface area contributed by atoms with Gasteiger partial charge in [-0.2, -0.15) is 0 Å². The minimum absolute atomic E-state index is 0.0927. The van der Waals surface area contributed by atoms with Crippen molar-refractivity contribution >= 4 is 11.5 Å². The fourth-order valence-corrected chi connectivity index (χ4v) is 4.47. The van der Waals surface area contributed by atoms with Crippen LogP contribution in [0.15, 0.2) is 18.3 Å². The van der Waals surface area contributed by atoms with Gasteiger partial charge in [0.1, 0.15) is 12.4 Å². The molecule has 1 amide bonds. The normalized spacial score (nSPS) is 20.8. The summed E-state index contributed by atoms with van der Waals surface area (Å²) in [5, 5.41) is 2.33. The lowest BCUT2D eigenvalue weighted by Gasteiger charge is -2.36. The van der Waals surface area contributed by atoms with Gasteiger partial charge < -0.3 is 19.8 Å². The zero-order chi connectivity index (χ0) is 19.7. The van der Waals surface area contributed by atoms with Crippen LogP contribution in [0.5, 0.6) is 5.75 Å². The average Bonchev–Trinajstić information content (AvgIpc) is 3.42. The van der Waals surface area contributed by atoms with Crippen LogP contribution in [0.2, 0.25) is 0 Å². The number of benzene rings is 1. The number of nitrogens with zero attached hydrogens (tertiary/aromatic N) is 2. The number of rotatable bonds is 6. The number of carbonyl (C=O) groups excluding carboxylic acids is 1. The summed E-state index contributed by atoms with van der Waals surface area (Å²) in [7, 11) is 3.35. The molecule has 0 bridgehead atoms. The number of methoxy groups -OCH3 is 2. The Kier molecular flexibility index (Phi) is 5.60. The molecule has 1 N–H and O–H groups in total. The van der Waals surface area contributed by atoms with Crippen molar-refractivity contribution in [2.24, 2.45) is 0 Å².